The van der Waals surface area contributed by atoms with E-state index in [2.05, 4.69) is 22.2 Å². The van der Waals surface area contributed by atoms with E-state index in [1.807, 2.05) is 0 Å². The van der Waals surface area contributed by atoms with Crippen LogP contribution in [0, 0.1) is 0 Å². The van der Waals surface area contributed by atoms with Crippen LogP contribution in [0.15, 0.2) is 23.0 Å². The molecule has 0 aliphatic rings. The van der Waals surface area contributed by atoms with E-state index in [-0.39, 0.29) is 11.6 Å². The molecule has 2 rings (SSSR count). The number of amides is 1. The Labute approximate surface area is 110 Å². The van der Waals surface area contributed by atoms with Gasteiger partial charge in [-0.3, -0.25) is 4.79 Å². The number of anilines is 1. The number of nitrogens with one attached hydrogen (secondary N) is 3. The second kappa shape index (κ2) is 5.71. The first-order chi connectivity index (χ1) is 9.10. The number of carbonyl (C=O) groups is 1. The quantitative estimate of drug-likeness (QED) is 0.653. The standard InChI is InChI=1S/C13H18N4O2/c1-2-3-4-9(14)12(18)15-8-5-6-10-11(7-8)17-13(19)16-10/h5-7,9H,2-4,14H2,1H3,(H,15,18)(H2,16,17,19)/t9-/m0/s1. The summed E-state index contributed by atoms with van der Waals surface area (Å²) in [6.45, 7) is 2.06. The zero-order valence-corrected chi connectivity index (χ0v) is 10.8. The van der Waals surface area contributed by atoms with Gasteiger partial charge in [-0.1, -0.05) is 19.8 Å². The first kappa shape index (κ1) is 13.4. The van der Waals surface area contributed by atoms with Crippen molar-refractivity contribution < 1.29 is 4.79 Å². The highest BCUT2D eigenvalue weighted by molar-refractivity contribution is 5.96. The number of nitrogens with two attached hydrogens (primary N) is 1. The van der Waals surface area contributed by atoms with Crippen LogP contribution >= 0.6 is 0 Å². The molecule has 0 bridgehead atoms. The van der Waals surface area contributed by atoms with Gasteiger partial charge in [-0.25, -0.2) is 4.79 Å². The van der Waals surface area contributed by atoms with Crippen LogP contribution in [0.2, 0.25) is 0 Å². The molecule has 102 valence electrons. The van der Waals surface area contributed by atoms with Crippen LogP contribution in [0.5, 0.6) is 0 Å². The molecule has 1 aromatic carbocycles. The molecule has 0 aliphatic carbocycles. The number of carbonyl (C=O) groups excluding carboxylic acids is 1. The van der Waals surface area contributed by atoms with Crippen molar-refractivity contribution in [2.75, 3.05) is 5.32 Å². The Hall–Kier alpha value is -2.08. The molecule has 1 amide bonds. The van der Waals surface area contributed by atoms with E-state index in [4.69, 9.17) is 5.73 Å². The molecule has 2 aromatic rings. The van der Waals surface area contributed by atoms with E-state index < -0.39 is 6.04 Å². The fraction of sp³-hybridized carbons (Fsp3) is 0.385. The predicted octanol–water partition coefficient (Wildman–Crippen LogP) is 1.31. The zero-order valence-electron chi connectivity index (χ0n) is 10.8. The van der Waals surface area contributed by atoms with Gasteiger partial charge in [-0.05, 0) is 24.6 Å². The van der Waals surface area contributed by atoms with Gasteiger partial charge in [-0.2, -0.15) is 0 Å². The summed E-state index contributed by atoms with van der Waals surface area (Å²) < 4.78 is 0. The third-order valence-corrected chi connectivity index (χ3v) is 2.99. The highest BCUT2D eigenvalue weighted by Gasteiger charge is 2.13. The Bertz CT molecular complexity index is 629. The molecule has 19 heavy (non-hydrogen) atoms. The van der Waals surface area contributed by atoms with E-state index >= 15 is 0 Å². The Morgan fingerprint density at radius 1 is 1.37 bits per heavy atom. The lowest BCUT2D eigenvalue weighted by Crippen LogP contribution is -2.35. The van der Waals surface area contributed by atoms with Gasteiger partial charge in [0, 0.05) is 5.69 Å². The number of aromatic nitrogens is 2. The van der Waals surface area contributed by atoms with Crippen LogP contribution in [0.3, 0.4) is 0 Å². The summed E-state index contributed by atoms with van der Waals surface area (Å²) in [5.41, 5.74) is 7.52. The molecule has 0 fully saturated rings. The molecule has 5 N–H and O–H groups in total. The number of imidazole rings is 1. The first-order valence-corrected chi connectivity index (χ1v) is 6.38. The van der Waals surface area contributed by atoms with Crippen molar-refractivity contribution in [2.24, 2.45) is 5.73 Å². The molecule has 6 nitrogen and oxygen atoms in total. The lowest BCUT2D eigenvalue weighted by atomic mass is 10.1. The third-order valence-electron chi connectivity index (χ3n) is 2.99. The minimum Gasteiger partial charge on any atom is -0.325 e. The SMILES string of the molecule is CCCC[C@H](N)C(=O)Nc1ccc2[nH]c(=O)[nH]c2c1. The highest BCUT2D eigenvalue weighted by atomic mass is 16.2. The van der Waals surface area contributed by atoms with Gasteiger partial charge in [0.15, 0.2) is 0 Å². The summed E-state index contributed by atoms with van der Waals surface area (Å²) in [6.07, 6.45) is 2.61. The van der Waals surface area contributed by atoms with E-state index in [0.29, 0.717) is 23.1 Å². The van der Waals surface area contributed by atoms with E-state index in [0.717, 1.165) is 12.8 Å². The highest BCUT2D eigenvalue weighted by Crippen LogP contribution is 2.15. The van der Waals surface area contributed by atoms with Gasteiger partial charge in [-0.15, -0.1) is 0 Å². The molecule has 0 saturated carbocycles. The van der Waals surface area contributed by atoms with Crippen LogP contribution in [0.1, 0.15) is 26.2 Å². The van der Waals surface area contributed by atoms with E-state index in [9.17, 15) is 9.59 Å². The summed E-state index contributed by atoms with van der Waals surface area (Å²) in [5.74, 6) is -0.203. The molecule has 1 heterocycles. The molecule has 0 spiro atoms. The second-order valence-corrected chi connectivity index (χ2v) is 4.58. The second-order valence-electron chi connectivity index (χ2n) is 4.58. The Morgan fingerprint density at radius 3 is 2.84 bits per heavy atom. The Balaban J connectivity index is 2.08. The van der Waals surface area contributed by atoms with Gasteiger partial charge in [0.1, 0.15) is 0 Å². The van der Waals surface area contributed by atoms with Crippen molar-refractivity contribution in [3.8, 4) is 0 Å². The van der Waals surface area contributed by atoms with E-state index in [1.165, 1.54) is 0 Å². The molecule has 1 atom stereocenters. The normalized spacial score (nSPS) is 12.5. The number of aromatic amines is 2. The van der Waals surface area contributed by atoms with Crippen LogP contribution in [0.4, 0.5) is 5.69 Å². The topological polar surface area (TPSA) is 104 Å². The average molecular weight is 262 g/mol. The minimum atomic E-state index is -0.499. The zero-order chi connectivity index (χ0) is 13.8. The number of rotatable bonds is 5. The number of fused-ring (bicyclic) bond motifs is 1. The first-order valence-electron chi connectivity index (χ1n) is 6.38. The fourth-order valence-electron chi connectivity index (χ4n) is 1.90. The molecule has 0 radical (unpaired) electrons. The molecule has 6 heteroatoms. The van der Waals surface area contributed by atoms with Gasteiger partial charge < -0.3 is 21.0 Å². The van der Waals surface area contributed by atoms with Gasteiger partial charge in [0.2, 0.25) is 5.91 Å². The number of unbranched alkanes of at least 4 members (excludes halogenated alkanes) is 1. The monoisotopic (exact) mass is 262 g/mol. The smallest absolute Gasteiger partial charge is 0.323 e. The molecule has 1 aromatic heterocycles. The lowest BCUT2D eigenvalue weighted by Gasteiger charge is -2.11. The Kier molecular flexibility index (Phi) is 4.01. The summed E-state index contributed by atoms with van der Waals surface area (Å²) in [6, 6.07) is 4.68. The minimum absolute atomic E-state index is 0.203. The maximum absolute atomic E-state index is 11.8. The molecular formula is C13H18N4O2. The average Bonchev–Trinajstić information content (AvgIpc) is 2.75. The van der Waals surface area contributed by atoms with Crippen molar-refractivity contribution in [3.05, 3.63) is 28.7 Å². The van der Waals surface area contributed by atoms with Gasteiger partial charge in [0.05, 0.1) is 17.1 Å². The molecular weight excluding hydrogens is 244 g/mol. The maximum Gasteiger partial charge on any atom is 0.323 e. The molecule has 0 saturated heterocycles. The third kappa shape index (κ3) is 3.23. The van der Waals surface area contributed by atoms with Crippen LogP contribution in [0.25, 0.3) is 11.0 Å². The van der Waals surface area contributed by atoms with Gasteiger partial charge >= 0.3 is 5.69 Å². The fourth-order valence-corrected chi connectivity index (χ4v) is 1.90. The summed E-state index contributed by atoms with van der Waals surface area (Å²) in [5, 5.41) is 2.75. The van der Waals surface area contributed by atoms with E-state index in [1.54, 1.807) is 18.2 Å². The van der Waals surface area contributed by atoms with Gasteiger partial charge in [0.25, 0.3) is 0 Å². The lowest BCUT2D eigenvalue weighted by molar-refractivity contribution is -0.117. The van der Waals surface area contributed by atoms with Crippen molar-refractivity contribution in [3.63, 3.8) is 0 Å². The number of benzene rings is 1. The van der Waals surface area contributed by atoms with Crippen molar-refractivity contribution in [1.29, 1.82) is 0 Å². The van der Waals surface area contributed by atoms with Crippen LogP contribution < -0.4 is 16.7 Å². The molecule has 0 unspecified atom stereocenters. The van der Waals surface area contributed by atoms with Crippen LogP contribution in [-0.4, -0.2) is 21.9 Å². The Morgan fingerprint density at radius 2 is 2.11 bits per heavy atom. The maximum atomic E-state index is 11.8. The predicted molar refractivity (Wildman–Crippen MR) is 75.0 cm³/mol. The van der Waals surface area contributed by atoms with Crippen molar-refractivity contribution in [1.82, 2.24) is 9.97 Å². The summed E-state index contributed by atoms with van der Waals surface area (Å²) >= 11 is 0. The van der Waals surface area contributed by atoms with Crippen molar-refractivity contribution in [2.45, 2.75) is 32.2 Å². The number of hydrogen-bond acceptors (Lipinski definition) is 3. The summed E-state index contributed by atoms with van der Waals surface area (Å²) in [7, 11) is 0. The van der Waals surface area contributed by atoms with Crippen LogP contribution in [-0.2, 0) is 4.79 Å². The number of hydrogen-bond donors (Lipinski definition) is 4. The number of H-pyrrole nitrogens is 2. The largest absolute Gasteiger partial charge is 0.325 e. The van der Waals surface area contributed by atoms with Crippen molar-refractivity contribution >= 4 is 22.6 Å². The molecule has 0 aliphatic heterocycles. The summed E-state index contributed by atoms with van der Waals surface area (Å²) in [4.78, 5) is 28.3.